The lowest BCUT2D eigenvalue weighted by molar-refractivity contribution is 0.0945. The van der Waals surface area contributed by atoms with Crippen molar-refractivity contribution in [2.24, 2.45) is 0 Å². The van der Waals surface area contributed by atoms with Crippen LogP contribution in [0.3, 0.4) is 0 Å². The molecule has 3 rings (SSSR count). The zero-order valence-electron chi connectivity index (χ0n) is 14.7. The average molecular weight is 398 g/mol. The van der Waals surface area contributed by atoms with Crippen molar-refractivity contribution in [1.82, 2.24) is 15.1 Å². The molecule has 0 aromatic carbocycles. The Kier molecular flexibility index (Phi) is 6.10. The molecular formula is C17H23N3O4S2. The van der Waals surface area contributed by atoms with E-state index in [2.05, 4.69) is 10.4 Å². The van der Waals surface area contributed by atoms with Gasteiger partial charge in [-0.2, -0.15) is 5.10 Å². The van der Waals surface area contributed by atoms with Crippen LogP contribution in [-0.2, 0) is 14.6 Å². The predicted molar refractivity (Wildman–Crippen MR) is 101 cm³/mol. The number of carbonyl (C=O) groups is 1. The van der Waals surface area contributed by atoms with Crippen molar-refractivity contribution in [2.75, 3.05) is 31.8 Å². The highest BCUT2D eigenvalue weighted by Gasteiger charge is 2.32. The smallest absolute Gasteiger partial charge is 0.271 e. The lowest BCUT2D eigenvalue weighted by Gasteiger charge is -2.12. The number of unbranched alkanes of at least 4 members (excludes halogenated alkanes) is 1. The second kappa shape index (κ2) is 8.32. The van der Waals surface area contributed by atoms with Gasteiger partial charge in [-0.3, -0.25) is 9.48 Å². The van der Waals surface area contributed by atoms with Gasteiger partial charge in [-0.1, -0.05) is 6.07 Å². The first kappa shape index (κ1) is 19.1. The van der Waals surface area contributed by atoms with Gasteiger partial charge < -0.3 is 10.1 Å². The lowest BCUT2D eigenvalue weighted by atomic mass is 10.2. The molecule has 1 aliphatic rings. The minimum atomic E-state index is -3.03. The number of amides is 1. The van der Waals surface area contributed by atoms with Crippen LogP contribution in [-0.4, -0.2) is 55.9 Å². The summed E-state index contributed by atoms with van der Waals surface area (Å²) in [5.41, 5.74) is 1.12. The maximum atomic E-state index is 12.4. The molecule has 1 fully saturated rings. The van der Waals surface area contributed by atoms with Crippen molar-refractivity contribution in [2.45, 2.75) is 25.3 Å². The van der Waals surface area contributed by atoms with Crippen molar-refractivity contribution in [3.8, 4) is 10.6 Å². The fourth-order valence-corrected chi connectivity index (χ4v) is 5.45. The Balaban J connectivity index is 1.77. The zero-order valence-corrected chi connectivity index (χ0v) is 16.3. The van der Waals surface area contributed by atoms with E-state index >= 15 is 0 Å². The normalized spacial score (nSPS) is 18.9. The molecule has 1 saturated heterocycles. The van der Waals surface area contributed by atoms with E-state index in [4.69, 9.17) is 4.74 Å². The van der Waals surface area contributed by atoms with Crippen LogP contribution in [0.2, 0.25) is 0 Å². The lowest BCUT2D eigenvalue weighted by Crippen LogP contribution is -2.25. The van der Waals surface area contributed by atoms with E-state index in [0.717, 1.165) is 23.4 Å². The summed E-state index contributed by atoms with van der Waals surface area (Å²) in [5.74, 6) is 0.00735. The summed E-state index contributed by atoms with van der Waals surface area (Å²) in [4.78, 5) is 13.4. The van der Waals surface area contributed by atoms with Gasteiger partial charge in [-0.15, -0.1) is 11.3 Å². The fourth-order valence-electron chi connectivity index (χ4n) is 3.02. The molecule has 0 saturated carbocycles. The van der Waals surface area contributed by atoms with Crippen LogP contribution in [0.15, 0.2) is 23.6 Å². The van der Waals surface area contributed by atoms with E-state index in [1.165, 1.54) is 0 Å². The molecule has 2 aromatic heterocycles. The summed E-state index contributed by atoms with van der Waals surface area (Å²) >= 11 is 1.54. The Labute approximate surface area is 157 Å². The van der Waals surface area contributed by atoms with Crippen LogP contribution in [0, 0.1) is 0 Å². The highest BCUT2D eigenvalue weighted by Crippen LogP contribution is 2.32. The van der Waals surface area contributed by atoms with Crippen LogP contribution < -0.4 is 5.32 Å². The molecule has 1 amide bonds. The topological polar surface area (TPSA) is 90.3 Å². The number of methoxy groups -OCH3 is 1. The van der Waals surface area contributed by atoms with Crippen molar-refractivity contribution in [3.05, 3.63) is 29.3 Å². The van der Waals surface area contributed by atoms with Crippen molar-refractivity contribution in [3.63, 3.8) is 0 Å². The van der Waals surface area contributed by atoms with E-state index in [0.29, 0.717) is 25.3 Å². The van der Waals surface area contributed by atoms with Gasteiger partial charge >= 0.3 is 0 Å². The third-order valence-corrected chi connectivity index (χ3v) is 7.00. The highest BCUT2D eigenvalue weighted by atomic mass is 32.2. The summed E-state index contributed by atoms with van der Waals surface area (Å²) in [6, 6.07) is 5.41. The number of hydrogen-bond donors (Lipinski definition) is 1. The predicted octanol–water partition coefficient (Wildman–Crippen LogP) is 2.13. The van der Waals surface area contributed by atoms with Gasteiger partial charge in [0.05, 0.1) is 28.1 Å². The number of rotatable bonds is 8. The molecule has 0 aliphatic carbocycles. The zero-order chi connectivity index (χ0) is 18.6. The largest absolute Gasteiger partial charge is 0.385 e. The quantitative estimate of drug-likeness (QED) is 0.689. The Morgan fingerprint density at radius 3 is 2.96 bits per heavy atom. The Hall–Kier alpha value is -1.71. The van der Waals surface area contributed by atoms with Crippen molar-refractivity contribution in [1.29, 1.82) is 0 Å². The van der Waals surface area contributed by atoms with Gasteiger partial charge in [0.25, 0.3) is 5.91 Å². The van der Waals surface area contributed by atoms with Gasteiger partial charge in [0.2, 0.25) is 0 Å². The second-order valence-electron chi connectivity index (χ2n) is 6.35. The second-order valence-corrected chi connectivity index (χ2v) is 9.53. The maximum Gasteiger partial charge on any atom is 0.271 e. The van der Waals surface area contributed by atoms with Gasteiger partial charge in [0, 0.05) is 20.3 Å². The summed E-state index contributed by atoms with van der Waals surface area (Å²) in [5, 5.41) is 9.27. The van der Waals surface area contributed by atoms with E-state index in [1.807, 2.05) is 17.5 Å². The molecule has 0 spiro atoms. The number of sulfone groups is 1. The van der Waals surface area contributed by atoms with E-state index in [9.17, 15) is 13.2 Å². The van der Waals surface area contributed by atoms with Gasteiger partial charge in [0.15, 0.2) is 15.5 Å². The number of hydrogen-bond acceptors (Lipinski definition) is 6. The number of ether oxygens (including phenoxy) is 1. The molecule has 142 valence electrons. The minimum Gasteiger partial charge on any atom is -0.385 e. The van der Waals surface area contributed by atoms with E-state index in [1.54, 1.807) is 29.2 Å². The minimum absolute atomic E-state index is 0.0745. The third kappa shape index (κ3) is 4.52. The third-order valence-electron chi connectivity index (χ3n) is 4.36. The van der Waals surface area contributed by atoms with Crippen LogP contribution in [0.4, 0.5) is 0 Å². The molecule has 0 bridgehead atoms. The Bertz CT molecular complexity index is 843. The number of carbonyl (C=O) groups excluding carboxylic acids is 1. The Morgan fingerprint density at radius 1 is 1.46 bits per heavy atom. The van der Waals surface area contributed by atoms with E-state index < -0.39 is 9.84 Å². The Morgan fingerprint density at radius 2 is 2.31 bits per heavy atom. The number of nitrogens with one attached hydrogen (secondary N) is 1. The van der Waals surface area contributed by atoms with Crippen LogP contribution >= 0.6 is 11.3 Å². The molecule has 7 nitrogen and oxygen atoms in total. The highest BCUT2D eigenvalue weighted by molar-refractivity contribution is 7.91. The van der Waals surface area contributed by atoms with Gasteiger partial charge in [0.1, 0.15) is 0 Å². The van der Waals surface area contributed by atoms with Crippen LogP contribution in [0.1, 0.15) is 35.8 Å². The molecular weight excluding hydrogens is 374 g/mol. The van der Waals surface area contributed by atoms with Crippen molar-refractivity contribution >= 4 is 27.1 Å². The maximum absolute atomic E-state index is 12.4. The number of thiophene rings is 1. The summed E-state index contributed by atoms with van der Waals surface area (Å²) in [7, 11) is -1.38. The summed E-state index contributed by atoms with van der Waals surface area (Å²) < 4.78 is 30.4. The molecule has 1 atom stereocenters. The molecule has 2 aromatic rings. The molecule has 9 heteroatoms. The molecule has 1 N–H and O–H groups in total. The monoisotopic (exact) mass is 397 g/mol. The fraction of sp³-hybridized carbons (Fsp3) is 0.529. The molecule has 3 heterocycles. The molecule has 0 radical (unpaired) electrons. The first-order valence-corrected chi connectivity index (χ1v) is 11.3. The number of aromatic nitrogens is 2. The van der Waals surface area contributed by atoms with Gasteiger partial charge in [-0.25, -0.2) is 8.42 Å². The van der Waals surface area contributed by atoms with Crippen molar-refractivity contribution < 1.29 is 17.9 Å². The molecule has 1 unspecified atom stereocenters. The van der Waals surface area contributed by atoms with Crippen LogP contribution in [0.5, 0.6) is 0 Å². The standard InChI is InChI=1S/C17H23N3O4S2/c1-24-8-3-2-7-18-17(21)14-11-15(16-5-4-9-25-16)20(19-14)13-6-10-26(22,23)12-13/h4-5,9,11,13H,2-3,6-8,10,12H2,1H3,(H,18,21). The van der Waals surface area contributed by atoms with Crippen LogP contribution in [0.25, 0.3) is 10.6 Å². The van der Waals surface area contributed by atoms with E-state index in [-0.39, 0.29) is 23.5 Å². The molecule has 1 aliphatic heterocycles. The number of nitrogens with zero attached hydrogens (tertiary/aromatic N) is 2. The summed E-state index contributed by atoms with van der Waals surface area (Å²) in [6.07, 6.45) is 2.24. The SMILES string of the molecule is COCCCCNC(=O)c1cc(-c2cccs2)n(C2CCS(=O)(=O)C2)n1. The summed E-state index contributed by atoms with van der Waals surface area (Å²) in [6.45, 7) is 1.23. The first-order chi connectivity index (χ1) is 12.5. The average Bonchev–Trinajstić information content (AvgIpc) is 3.32. The first-order valence-electron chi connectivity index (χ1n) is 8.61. The molecule has 26 heavy (non-hydrogen) atoms. The van der Waals surface area contributed by atoms with Gasteiger partial charge in [-0.05, 0) is 36.8 Å².